The van der Waals surface area contributed by atoms with E-state index in [0.29, 0.717) is 5.52 Å². The second-order valence-electron chi connectivity index (χ2n) is 6.87. The minimum Gasteiger partial charge on any atom is -0.344 e. The number of fused-ring (bicyclic) bond motifs is 3. The zero-order chi connectivity index (χ0) is 20.0. The molecule has 8 heteroatoms. The highest BCUT2D eigenvalue weighted by Crippen LogP contribution is 2.20. The normalized spacial score (nSPS) is 12.4. The third kappa shape index (κ3) is 2.92. The second kappa shape index (κ2) is 6.56. The van der Waals surface area contributed by atoms with Crippen LogP contribution in [-0.2, 0) is 0 Å². The molecule has 0 saturated carbocycles. The van der Waals surface area contributed by atoms with Gasteiger partial charge in [0.15, 0.2) is 11.2 Å². The predicted molar refractivity (Wildman–Crippen MR) is 103 cm³/mol. The summed E-state index contributed by atoms with van der Waals surface area (Å²) in [6, 6.07) is 9.63. The molecule has 0 radical (unpaired) electrons. The second-order valence-corrected chi connectivity index (χ2v) is 6.87. The van der Waals surface area contributed by atoms with Gasteiger partial charge in [0.1, 0.15) is 5.82 Å². The quantitative estimate of drug-likeness (QED) is 0.573. The maximum Gasteiger partial charge on any atom is 0.277 e. The molecule has 0 spiro atoms. The first-order chi connectivity index (χ1) is 13.3. The van der Waals surface area contributed by atoms with E-state index in [4.69, 9.17) is 0 Å². The molecule has 142 valence electrons. The average molecular weight is 379 g/mol. The molecule has 4 aromatic rings. The van der Waals surface area contributed by atoms with Crippen molar-refractivity contribution in [1.82, 2.24) is 25.1 Å². The Morgan fingerprint density at radius 2 is 2.00 bits per heavy atom. The Hall–Kier alpha value is -3.55. The first kappa shape index (κ1) is 17.8. The molecule has 4 rings (SSSR count). The highest BCUT2D eigenvalue weighted by atomic mass is 19.1. The highest BCUT2D eigenvalue weighted by Gasteiger charge is 2.22. The molecule has 0 aliphatic carbocycles. The van der Waals surface area contributed by atoms with Crippen LogP contribution in [0, 0.1) is 19.7 Å². The molecular formula is C20H18FN5O2. The molecule has 0 aliphatic heterocycles. The van der Waals surface area contributed by atoms with Gasteiger partial charge in [-0.3, -0.25) is 9.59 Å². The van der Waals surface area contributed by atoms with Crippen LogP contribution in [0.5, 0.6) is 0 Å². The summed E-state index contributed by atoms with van der Waals surface area (Å²) in [6.07, 6.45) is 0. The number of rotatable bonds is 3. The maximum atomic E-state index is 13.4. The SMILES string of the molecule is Cc1ccc([C@H](C)NC(=O)c2nnn3c2c(=O)[nH]c2cc(F)ccc23)c(C)c1. The summed E-state index contributed by atoms with van der Waals surface area (Å²) in [6.45, 7) is 5.85. The molecule has 7 nitrogen and oxygen atoms in total. The molecule has 0 unspecified atom stereocenters. The molecule has 2 aromatic heterocycles. The van der Waals surface area contributed by atoms with E-state index in [1.807, 2.05) is 39.0 Å². The van der Waals surface area contributed by atoms with Gasteiger partial charge >= 0.3 is 0 Å². The van der Waals surface area contributed by atoms with E-state index in [0.717, 1.165) is 16.7 Å². The number of halogens is 1. The standard InChI is InChI=1S/C20H18FN5O2/c1-10-4-6-14(11(2)8-10)12(3)22-19(27)17-18-20(28)23-15-9-13(21)5-7-16(15)26(18)25-24-17/h4-9,12H,1-3H3,(H,22,27)(H,23,28)/t12-/m0/s1. The van der Waals surface area contributed by atoms with Gasteiger partial charge in [0.2, 0.25) is 0 Å². The van der Waals surface area contributed by atoms with E-state index in [-0.39, 0.29) is 22.8 Å². The van der Waals surface area contributed by atoms with E-state index in [2.05, 4.69) is 20.6 Å². The number of hydrogen-bond acceptors (Lipinski definition) is 4. The lowest BCUT2D eigenvalue weighted by Crippen LogP contribution is -2.28. The first-order valence-electron chi connectivity index (χ1n) is 8.80. The predicted octanol–water partition coefficient (Wildman–Crippen LogP) is 2.82. The molecule has 0 aliphatic rings. The first-order valence-corrected chi connectivity index (χ1v) is 8.80. The van der Waals surface area contributed by atoms with Crippen molar-refractivity contribution in [3.8, 4) is 0 Å². The minimum absolute atomic E-state index is 0.0180. The van der Waals surface area contributed by atoms with Gasteiger partial charge in [-0.15, -0.1) is 5.10 Å². The third-order valence-electron chi connectivity index (χ3n) is 4.77. The molecule has 2 heterocycles. The molecule has 1 amide bonds. The fourth-order valence-corrected chi connectivity index (χ4v) is 3.44. The lowest BCUT2D eigenvalue weighted by molar-refractivity contribution is 0.0936. The van der Waals surface area contributed by atoms with Crippen LogP contribution < -0.4 is 10.9 Å². The van der Waals surface area contributed by atoms with Gasteiger partial charge < -0.3 is 10.3 Å². The van der Waals surface area contributed by atoms with E-state index in [9.17, 15) is 14.0 Å². The van der Waals surface area contributed by atoms with Crippen LogP contribution in [0.4, 0.5) is 4.39 Å². The summed E-state index contributed by atoms with van der Waals surface area (Å²) in [7, 11) is 0. The topological polar surface area (TPSA) is 92.2 Å². The Morgan fingerprint density at radius 1 is 1.21 bits per heavy atom. The lowest BCUT2D eigenvalue weighted by Gasteiger charge is -2.16. The summed E-state index contributed by atoms with van der Waals surface area (Å²) in [5, 5.41) is 10.7. The van der Waals surface area contributed by atoms with Crippen LogP contribution in [0.1, 0.15) is 40.1 Å². The van der Waals surface area contributed by atoms with Crippen molar-refractivity contribution >= 4 is 22.5 Å². The minimum atomic E-state index is -0.563. The molecule has 28 heavy (non-hydrogen) atoms. The lowest BCUT2D eigenvalue weighted by atomic mass is 10.0. The highest BCUT2D eigenvalue weighted by molar-refractivity contribution is 5.99. The van der Waals surface area contributed by atoms with E-state index >= 15 is 0 Å². The number of amides is 1. The number of carbonyl (C=O) groups is 1. The number of nitrogens with zero attached hydrogens (tertiary/aromatic N) is 3. The number of H-pyrrole nitrogens is 1. The summed E-state index contributed by atoms with van der Waals surface area (Å²) >= 11 is 0. The summed E-state index contributed by atoms with van der Waals surface area (Å²) < 4.78 is 14.7. The fourth-order valence-electron chi connectivity index (χ4n) is 3.44. The third-order valence-corrected chi connectivity index (χ3v) is 4.77. The Bertz CT molecular complexity index is 1290. The molecule has 1 atom stereocenters. The van der Waals surface area contributed by atoms with Gasteiger partial charge in [0, 0.05) is 0 Å². The van der Waals surface area contributed by atoms with Gasteiger partial charge in [-0.2, -0.15) is 0 Å². The molecule has 0 bridgehead atoms. The van der Waals surface area contributed by atoms with Gasteiger partial charge in [-0.05, 0) is 50.1 Å². The number of benzene rings is 2. The van der Waals surface area contributed by atoms with Crippen molar-refractivity contribution < 1.29 is 9.18 Å². The number of hydrogen-bond donors (Lipinski definition) is 2. The Morgan fingerprint density at radius 3 is 2.75 bits per heavy atom. The largest absolute Gasteiger partial charge is 0.344 e. The van der Waals surface area contributed by atoms with Crippen LogP contribution in [0.25, 0.3) is 16.6 Å². The summed E-state index contributed by atoms with van der Waals surface area (Å²) in [5.74, 6) is -0.989. The number of aromatic nitrogens is 4. The smallest absolute Gasteiger partial charge is 0.277 e. The van der Waals surface area contributed by atoms with E-state index in [1.54, 1.807) is 0 Å². The number of aryl methyl sites for hydroxylation is 2. The number of nitrogens with one attached hydrogen (secondary N) is 2. The van der Waals surface area contributed by atoms with Gasteiger partial charge in [-0.1, -0.05) is 29.0 Å². The van der Waals surface area contributed by atoms with Crippen molar-refractivity contribution in [2.24, 2.45) is 0 Å². The van der Waals surface area contributed by atoms with Crippen LogP contribution in [0.3, 0.4) is 0 Å². The number of carbonyl (C=O) groups excluding carboxylic acids is 1. The van der Waals surface area contributed by atoms with Crippen molar-refractivity contribution in [3.05, 3.63) is 75.0 Å². The van der Waals surface area contributed by atoms with Crippen molar-refractivity contribution in [2.45, 2.75) is 26.8 Å². The zero-order valence-corrected chi connectivity index (χ0v) is 15.6. The van der Waals surface area contributed by atoms with E-state index < -0.39 is 17.3 Å². The zero-order valence-electron chi connectivity index (χ0n) is 15.6. The van der Waals surface area contributed by atoms with Crippen LogP contribution in [0.2, 0.25) is 0 Å². The molecule has 0 fully saturated rings. The van der Waals surface area contributed by atoms with Gasteiger partial charge in [-0.25, -0.2) is 8.91 Å². The number of aromatic amines is 1. The Labute approximate surface area is 159 Å². The van der Waals surface area contributed by atoms with Gasteiger partial charge in [0.25, 0.3) is 11.5 Å². The maximum absolute atomic E-state index is 13.4. The van der Waals surface area contributed by atoms with Crippen LogP contribution in [-0.4, -0.2) is 25.7 Å². The van der Waals surface area contributed by atoms with Crippen LogP contribution in [0.15, 0.2) is 41.2 Å². The monoisotopic (exact) mass is 379 g/mol. The van der Waals surface area contributed by atoms with Crippen LogP contribution >= 0.6 is 0 Å². The van der Waals surface area contributed by atoms with E-state index in [1.165, 1.54) is 22.7 Å². The van der Waals surface area contributed by atoms with Crippen molar-refractivity contribution in [1.29, 1.82) is 0 Å². The molecule has 2 N–H and O–H groups in total. The molecular weight excluding hydrogens is 361 g/mol. The van der Waals surface area contributed by atoms with Crippen molar-refractivity contribution in [3.63, 3.8) is 0 Å². The Balaban J connectivity index is 1.73. The van der Waals surface area contributed by atoms with Crippen molar-refractivity contribution in [2.75, 3.05) is 0 Å². The average Bonchev–Trinajstić information content (AvgIpc) is 3.07. The summed E-state index contributed by atoms with van der Waals surface area (Å²) in [4.78, 5) is 27.8. The molecule has 0 saturated heterocycles. The Kier molecular flexibility index (Phi) is 4.18. The summed E-state index contributed by atoms with van der Waals surface area (Å²) in [5.41, 5.74) is 3.28. The van der Waals surface area contributed by atoms with Gasteiger partial charge in [0.05, 0.1) is 17.1 Å². The molecule has 2 aromatic carbocycles. The fraction of sp³-hybridized carbons (Fsp3) is 0.200.